The monoisotopic (exact) mass is 277 g/mol. The molecule has 1 heterocycles. The van der Waals surface area contributed by atoms with Gasteiger partial charge in [0.1, 0.15) is 0 Å². The number of carboxylic acid groups (broad SMARTS) is 1. The summed E-state index contributed by atoms with van der Waals surface area (Å²) in [5.74, 6) is -1.58. The number of hydrogen-bond acceptors (Lipinski definition) is 6. The van der Waals surface area contributed by atoms with E-state index in [-0.39, 0.29) is 5.56 Å². The van der Waals surface area contributed by atoms with E-state index < -0.39 is 24.5 Å². The fourth-order valence-corrected chi connectivity index (χ4v) is 1.49. The molecule has 1 aromatic heterocycles. The lowest BCUT2D eigenvalue weighted by Crippen LogP contribution is -2.43. The molecule has 0 saturated carbocycles. The third kappa shape index (κ3) is 2.98. The Morgan fingerprint density at radius 1 is 1.30 bits per heavy atom. The molecule has 2 aromatic rings. The van der Waals surface area contributed by atoms with Gasteiger partial charge in [0, 0.05) is 11.1 Å². The van der Waals surface area contributed by atoms with Crippen LogP contribution in [0, 0.1) is 0 Å². The lowest BCUT2D eigenvalue weighted by Gasteiger charge is -2.11. The Balaban J connectivity index is 2.10. The lowest BCUT2D eigenvalue weighted by atomic mass is 10.1. The number of nitrogens with one attached hydrogen (secondary N) is 1. The van der Waals surface area contributed by atoms with Crippen LogP contribution in [-0.4, -0.2) is 44.9 Å². The molecule has 0 saturated heterocycles. The van der Waals surface area contributed by atoms with Crippen molar-refractivity contribution in [2.45, 2.75) is 6.04 Å². The van der Waals surface area contributed by atoms with Crippen LogP contribution in [0.5, 0.6) is 0 Å². The number of carbonyl (C=O) groups is 2. The third-order valence-corrected chi connectivity index (χ3v) is 2.54. The zero-order chi connectivity index (χ0) is 14.5. The number of hydrogen-bond donors (Lipinski definition) is 3. The first-order chi connectivity index (χ1) is 9.61. The van der Waals surface area contributed by atoms with Gasteiger partial charge >= 0.3 is 5.97 Å². The largest absolute Gasteiger partial charge is 0.480 e. The number of rotatable bonds is 5. The van der Waals surface area contributed by atoms with Crippen LogP contribution in [-0.2, 0) is 4.79 Å². The quantitative estimate of drug-likeness (QED) is 0.697. The normalized spacial score (nSPS) is 11.8. The van der Waals surface area contributed by atoms with Crippen molar-refractivity contribution in [2.75, 3.05) is 6.61 Å². The first-order valence-corrected chi connectivity index (χ1v) is 5.63. The molecular weight excluding hydrogens is 266 g/mol. The van der Waals surface area contributed by atoms with Crippen LogP contribution in [0.2, 0.25) is 0 Å². The van der Waals surface area contributed by atoms with Gasteiger partial charge in [-0.1, -0.05) is 0 Å². The van der Waals surface area contributed by atoms with Gasteiger partial charge < -0.3 is 19.9 Å². The van der Waals surface area contributed by atoms with Gasteiger partial charge in [-0.05, 0) is 24.3 Å². The van der Waals surface area contributed by atoms with Gasteiger partial charge in [-0.2, -0.15) is 0 Å². The Morgan fingerprint density at radius 3 is 2.50 bits per heavy atom. The van der Waals surface area contributed by atoms with E-state index in [0.29, 0.717) is 11.5 Å². The molecular formula is C12H11N3O5. The number of amides is 1. The molecule has 1 unspecified atom stereocenters. The van der Waals surface area contributed by atoms with Gasteiger partial charge in [-0.3, -0.25) is 4.79 Å². The molecule has 104 valence electrons. The summed E-state index contributed by atoms with van der Waals surface area (Å²) in [5, 5.41) is 27.0. The van der Waals surface area contributed by atoms with Crippen LogP contribution < -0.4 is 5.32 Å². The predicted octanol–water partition coefficient (Wildman–Crippen LogP) is -0.0881. The maximum absolute atomic E-state index is 11.8. The van der Waals surface area contributed by atoms with E-state index in [1.807, 2.05) is 0 Å². The second-order valence-electron chi connectivity index (χ2n) is 3.87. The highest BCUT2D eigenvalue weighted by atomic mass is 16.4. The third-order valence-electron chi connectivity index (χ3n) is 2.54. The molecule has 1 amide bonds. The van der Waals surface area contributed by atoms with Crippen LogP contribution in [0.1, 0.15) is 10.4 Å². The molecule has 0 spiro atoms. The second-order valence-corrected chi connectivity index (χ2v) is 3.87. The van der Waals surface area contributed by atoms with Gasteiger partial charge in [0.05, 0.1) is 6.61 Å². The zero-order valence-electron chi connectivity index (χ0n) is 10.2. The van der Waals surface area contributed by atoms with Gasteiger partial charge in [0.2, 0.25) is 12.3 Å². The van der Waals surface area contributed by atoms with Gasteiger partial charge in [0.15, 0.2) is 6.04 Å². The number of benzene rings is 1. The van der Waals surface area contributed by atoms with Crippen molar-refractivity contribution in [1.29, 1.82) is 0 Å². The Morgan fingerprint density at radius 2 is 2.00 bits per heavy atom. The van der Waals surface area contributed by atoms with E-state index in [4.69, 9.17) is 14.6 Å². The van der Waals surface area contributed by atoms with Crippen molar-refractivity contribution in [3.8, 4) is 11.5 Å². The molecule has 3 N–H and O–H groups in total. The summed E-state index contributed by atoms with van der Waals surface area (Å²) in [5.41, 5.74) is 0.893. The summed E-state index contributed by atoms with van der Waals surface area (Å²) >= 11 is 0. The average Bonchev–Trinajstić information content (AvgIpc) is 2.98. The maximum atomic E-state index is 11.8. The van der Waals surface area contributed by atoms with E-state index in [2.05, 4.69) is 15.5 Å². The van der Waals surface area contributed by atoms with Crippen molar-refractivity contribution in [2.24, 2.45) is 0 Å². The minimum Gasteiger partial charge on any atom is -0.480 e. The first kappa shape index (κ1) is 13.7. The molecule has 0 aliphatic rings. The van der Waals surface area contributed by atoms with E-state index in [9.17, 15) is 9.59 Å². The van der Waals surface area contributed by atoms with Crippen molar-refractivity contribution in [1.82, 2.24) is 15.5 Å². The molecule has 0 fully saturated rings. The summed E-state index contributed by atoms with van der Waals surface area (Å²) in [6.07, 6.45) is 1.19. The predicted molar refractivity (Wildman–Crippen MR) is 65.7 cm³/mol. The highest BCUT2D eigenvalue weighted by Crippen LogP contribution is 2.16. The van der Waals surface area contributed by atoms with Gasteiger partial charge in [-0.25, -0.2) is 4.79 Å². The Labute approximate surface area is 113 Å². The summed E-state index contributed by atoms with van der Waals surface area (Å²) in [4.78, 5) is 22.5. The Kier molecular flexibility index (Phi) is 4.06. The lowest BCUT2D eigenvalue weighted by molar-refractivity contribution is -0.140. The molecule has 20 heavy (non-hydrogen) atoms. The van der Waals surface area contributed by atoms with E-state index in [1.54, 1.807) is 12.1 Å². The topological polar surface area (TPSA) is 126 Å². The highest BCUT2D eigenvalue weighted by Gasteiger charge is 2.19. The van der Waals surface area contributed by atoms with Crippen LogP contribution in [0.25, 0.3) is 11.5 Å². The van der Waals surface area contributed by atoms with Crippen molar-refractivity contribution >= 4 is 11.9 Å². The van der Waals surface area contributed by atoms with Crippen molar-refractivity contribution in [3.63, 3.8) is 0 Å². The van der Waals surface area contributed by atoms with Crippen molar-refractivity contribution in [3.05, 3.63) is 36.2 Å². The molecule has 1 aromatic carbocycles. The number of aliphatic hydroxyl groups is 1. The van der Waals surface area contributed by atoms with E-state index in [1.165, 1.54) is 18.5 Å². The number of nitrogens with zero attached hydrogens (tertiary/aromatic N) is 2. The molecule has 0 aliphatic carbocycles. The van der Waals surface area contributed by atoms with Gasteiger partial charge in [-0.15, -0.1) is 10.2 Å². The Hall–Kier alpha value is -2.74. The fraction of sp³-hybridized carbons (Fsp3) is 0.167. The van der Waals surface area contributed by atoms with Gasteiger partial charge in [0.25, 0.3) is 5.91 Å². The number of carbonyl (C=O) groups excluding carboxylic acids is 1. The molecule has 0 bridgehead atoms. The number of aliphatic hydroxyl groups excluding tert-OH is 1. The van der Waals surface area contributed by atoms with E-state index in [0.717, 1.165) is 0 Å². The fourth-order valence-electron chi connectivity index (χ4n) is 1.49. The summed E-state index contributed by atoms with van der Waals surface area (Å²) in [6, 6.07) is 4.84. The van der Waals surface area contributed by atoms with Crippen molar-refractivity contribution < 1.29 is 24.2 Å². The van der Waals surface area contributed by atoms with Crippen LogP contribution in [0.15, 0.2) is 35.1 Å². The molecule has 2 rings (SSSR count). The number of aliphatic carboxylic acids is 1. The second kappa shape index (κ2) is 5.93. The maximum Gasteiger partial charge on any atom is 0.328 e. The van der Waals surface area contributed by atoms with Crippen LogP contribution >= 0.6 is 0 Å². The molecule has 8 nitrogen and oxygen atoms in total. The molecule has 0 aliphatic heterocycles. The zero-order valence-corrected chi connectivity index (χ0v) is 10.2. The number of aromatic nitrogens is 2. The highest BCUT2D eigenvalue weighted by molar-refractivity contribution is 5.96. The van der Waals surface area contributed by atoms with Crippen LogP contribution in [0.4, 0.5) is 0 Å². The minimum atomic E-state index is -1.34. The SMILES string of the molecule is O=C(NC(CO)C(=O)O)c1ccc(-c2nnco2)cc1. The van der Waals surface area contributed by atoms with Crippen LogP contribution in [0.3, 0.4) is 0 Å². The Bertz CT molecular complexity index is 594. The summed E-state index contributed by atoms with van der Waals surface area (Å²) < 4.78 is 5.00. The summed E-state index contributed by atoms with van der Waals surface area (Å²) in [7, 11) is 0. The standard InChI is InChI=1S/C12H11N3O5/c16-5-9(12(18)19)14-10(17)7-1-3-8(4-2-7)11-15-13-6-20-11/h1-4,6,9,16H,5H2,(H,14,17)(H,18,19). The summed E-state index contributed by atoms with van der Waals surface area (Å²) in [6.45, 7) is -0.679. The molecule has 1 atom stereocenters. The smallest absolute Gasteiger partial charge is 0.328 e. The number of carboxylic acids is 1. The average molecular weight is 277 g/mol. The first-order valence-electron chi connectivity index (χ1n) is 5.63. The minimum absolute atomic E-state index is 0.257. The molecule has 0 radical (unpaired) electrons. The van der Waals surface area contributed by atoms with E-state index >= 15 is 0 Å². The molecule has 8 heteroatoms.